The normalized spacial score (nSPS) is 23.4. The predicted octanol–water partition coefficient (Wildman–Crippen LogP) is 0.971. The van der Waals surface area contributed by atoms with Gasteiger partial charge >= 0.3 is 0 Å². The molecule has 2 aliphatic rings. The Labute approximate surface area is 158 Å². The minimum atomic E-state index is -3.70. The number of carbonyl (C=O) groups is 1. The van der Waals surface area contributed by atoms with E-state index in [-0.39, 0.29) is 16.7 Å². The quantitative estimate of drug-likeness (QED) is 0.778. The zero-order valence-corrected chi connectivity index (χ0v) is 16.3. The summed E-state index contributed by atoms with van der Waals surface area (Å²) in [5.41, 5.74) is 1.06. The molecule has 1 aliphatic heterocycles. The average molecular weight is 389 g/mol. The molecule has 0 radical (unpaired) electrons. The molecule has 1 saturated heterocycles. The van der Waals surface area contributed by atoms with Crippen LogP contribution in [0.15, 0.2) is 35.6 Å². The fraction of sp³-hybridized carbons (Fsp3) is 0.500. The highest BCUT2D eigenvalue weighted by Crippen LogP contribution is 2.39. The van der Waals surface area contributed by atoms with Crippen molar-refractivity contribution in [2.75, 3.05) is 26.2 Å². The van der Waals surface area contributed by atoms with E-state index in [1.54, 1.807) is 36.5 Å². The number of amides is 1. The molecule has 1 saturated carbocycles. The maximum atomic E-state index is 13.2. The van der Waals surface area contributed by atoms with E-state index >= 15 is 0 Å². The van der Waals surface area contributed by atoms with Crippen molar-refractivity contribution in [1.29, 1.82) is 0 Å². The Morgan fingerprint density at radius 1 is 1.22 bits per heavy atom. The Kier molecular flexibility index (Phi) is 4.51. The average Bonchev–Trinajstić information content (AvgIpc) is 3.27. The molecule has 1 amide bonds. The van der Waals surface area contributed by atoms with Crippen molar-refractivity contribution >= 4 is 15.9 Å². The van der Waals surface area contributed by atoms with Gasteiger partial charge in [-0.15, -0.1) is 0 Å². The molecule has 4 rings (SSSR count). The molecular formula is C18H23N5O3S. The summed E-state index contributed by atoms with van der Waals surface area (Å²) in [4.78, 5) is 18.4. The van der Waals surface area contributed by atoms with Gasteiger partial charge in [0.1, 0.15) is 10.6 Å². The molecule has 9 heteroatoms. The minimum Gasteiger partial charge on any atom is -0.340 e. The molecule has 2 fully saturated rings. The van der Waals surface area contributed by atoms with Crippen LogP contribution < -0.4 is 0 Å². The first-order valence-electron chi connectivity index (χ1n) is 9.11. The summed E-state index contributed by atoms with van der Waals surface area (Å²) in [5, 5.41) is 4.33. The van der Waals surface area contributed by atoms with Gasteiger partial charge in [-0.1, -0.05) is 6.92 Å². The number of piperazine rings is 1. The van der Waals surface area contributed by atoms with E-state index in [9.17, 15) is 13.2 Å². The maximum absolute atomic E-state index is 13.2. The largest absolute Gasteiger partial charge is 0.340 e. The summed E-state index contributed by atoms with van der Waals surface area (Å²) >= 11 is 0. The van der Waals surface area contributed by atoms with Crippen LogP contribution in [0.2, 0.25) is 0 Å². The third-order valence-electron chi connectivity index (χ3n) is 5.32. The van der Waals surface area contributed by atoms with Gasteiger partial charge in [0.15, 0.2) is 0 Å². The second-order valence-electron chi connectivity index (χ2n) is 7.31. The summed E-state index contributed by atoms with van der Waals surface area (Å²) in [6.45, 7) is 3.55. The fourth-order valence-electron chi connectivity index (χ4n) is 3.55. The summed E-state index contributed by atoms with van der Waals surface area (Å²) in [6, 6.07) is 3.55. The molecule has 2 aromatic rings. The number of hydrogen-bond acceptors (Lipinski definition) is 5. The molecule has 8 nitrogen and oxygen atoms in total. The fourth-order valence-corrected chi connectivity index (χ4v) is 5.16. The Balaban J connectivity index is 1.54. The molecule has 0 bridgehead atoms. The van der Waals surface area contributed by atoms with E-state index in [0.29, 0.717) is 43.4 Å². The van der Waals surface area contributed by atoms with Gasteiger partial charge in [-0.3, -0.25) is 14.5 Å². The van der Waals surface area contributed by atoms with E-state index in [1.807, 2.05) is 0 Å². The number of rotatable bonds is 4. The molecule has 27 heavy (non-hydrogen) atoms. The Morgan fingerprint density at radius 3 is 2.52 bits per heavy atom. The van der Waals surface area contributed by atoms with Crippen LogP contribution in [-0.2, 0) is 21.9 Å². The predicted molar refractivity (Wildman–Crippen MR) is 99.0 cm³/mol. The standard InChI is InChI=1S/C18H23N5O3S/c1-13-10-15(13)18(24)22-6-8-23(9-7-22)27(25,26)16-12-21(2)20-17(16)14-4-3-5-19-11-14/h3-5,11-13,15H,6-10H2,1-2H3. The number of carbonyl (C=O) groups excluding carboxylic acids is 1. The van der Waals surface area contributed by atoms with Crippen LogP contribution in [0.1, 0.15) is 13.3 Å². The molecular weight excluding hydrogens is 366 g/mol. The molecule has 2 atom stereocenters. The zero-order chi connectivity index (χ0) is 19.2. The first kappa shape index (κ1) is 18.1. The van der Waals surface area contributed by atoms with E-state index < -0.39 is 10.0 Å². The monoisotopic (exact) mass is 389 g/mol. The van der Waals surface area contributed by atoms with Gasteiger partial charge in [-0.05, 0) is 24.5 Å². The lowest BCUT2D eigenvalue weighted by molar-refractivity contribution is -0.134. The Morgan fingerprint density at radius 2 is 1.93 bits per heavy atom. The van der Waals surface area contributed by atoms with E-state index in [0.717, 1.165) is 6.42 Å². The van der Waals surface area contributed by atoms with Crippen molar-refractivity contribution < 1.29 is 13.2 Å². The Hall–Kier alpha value is -2.26. The summed E-state index contributed by atoms with van der Waals surface area (Å²) < 4.78 is 29.4. The molecule has 1 aliphatic carbocycles. The number of hydrogen-bond donors (Lipinski definition) is 0. The summed E-state index contributed by atoms with van der Waals surface area (Å²) in [6.07, 6.45) is 5.72. The van der Waals surface area contributed by atoms with Crippen LogP contribution in [0.25, 0.3) is 11.3 Å². The molecule has 2 unspecified atom stereocenters. The van der Waals surface area contributed by atoms with Gasteiger partial charge in [0.25, 0.3) is 0 Å². The van der Waals surface area contributed by atoms with Gasteiger partial charge in [-0.2, -0.15) is 9.40 Å². The zero-order valence-electron chi connectivity index (χ0n) is 15.4. The van der Waals surface area contributed by atoms with Crippen molar-refractivity contribution in [2.45, 2.75) is 18.2 Å². The molecule has 3 heterocycles. The lowest BCUT2D eigenvalue weighted by atomic mass is 10.2. The second kappa shape index (κ2) is 6.72. The molecule has 0 spiro atoms. The van der Waals surface area contributed by atoms with Crippen LogP contribution in [0, 0.1) is 11.8 Å². The first-order chi connectivity index (χ1) is 12.9. The van der Waals surface area contributed by atoms with Crippen LogP contribution in [0.4, 0.5) is 0 Å². The van der Waals surface area contributed by atoms with Crippen LogP contribution >= 0.6 is 0 Å². The minimum absolute atomic E-state index is 0.128. The first-order valence-corrected chi connectivity index (χ1v) is 10.5. The smallest absolute Gasteiger partial charge is 0.246 e. The lowest BCUT2D eigenvalue weighted by Crippen LogP contribution is -2.51. The highest BCUT2D eigenvalue weighted by Gasteiger charge is 2.43. The van der Waals surface area contributed by atoms with Gasteiger partial charge in [-0.25, -0.2) is 8.42 Å². The van der Waals surface area contributed by atoms with E-state index in [1.165, 1.54) is 15.2 Å². The lowest BCUT2D eigenvalue weighted by Gasteiger charge is -2.34. The molecule has 0 aromatic carbocycles. The van der Waals surface area contributed by atoms with Gasteiger partial charge in [0.2, 0.25) is 15.9 Å². The van der Waals surface area contributed by atoms with Crippen molar-refractivity contribution in [2.24, 2.45) is 18.9 Å². The number of nitrogens with zero attached hydrogens (tertiary/aromatic N) is 5. The van der Waals surface area contributed by atoms with Gasteiger partial charge < -0.3 is 4.90 Å². The summed E-state index contributed by atoms with van der Waals surface area (Å²) in [7, 11) is -2.00. The third kappa shape index (κ3) is 3.37. The number of aryl methyl sites for hydroxylation is 1. The second-order valence-corrected chi connectivity index (χ2v) is 9.21. The number of aromatic nitrogens is 3. The number of sulfonamides is 1. The van der Waals surface area contributed by atoms with Crippen molar-refractivity contribution in [3.05, 3.63) is 30.7 Å². The highest BCUT2D eigenvalue weighted by molar-refractivity contribution is 7.89. The number of pyridine rings is 1. The van der Waals surface area contributed by atoms with Crippen molar-refractivity contribution in [1.82, 2.24) is 24.0 Å². The molecule has 144 valence electrons. The van der Waals surface area contributed by atoms with Crippen LogP contribution in [-0.4, -0.2) is 64.5 Å². The third-order valence-corrected chi connectivity index (χ3v) is 7.22. The maximum Gasteiger partial charge on any atom is 0.246 e. The van der Waals surface area contributed by atoms with Gasteiger partial charge in [0, 0.05) is 63.3 Å². The van der Waals surface area contributed by atoms with Crippen LogP contribution in [0.3, 0.4) is 0 Å². The Bertz CT molecular complexity index is 949. The van der Waals surface area contributed by atoms with E-state index in [2.05, 4.69) is 17.0 Å². The van der Waals surface area contributed by atoms with Gasteiger partial charge in [0.05, 0.1) is 0 Å². The highest BCUT2D eigenvalue weighted by atomic mass is 32.2. The van der Waals surface area contributed by atoms with E-state index in [4.69, 9.17) is 0 Å². The topological polar surface area (TPSA) is 88.4 Å². The van der Waals surface area contributed by atoms with Crippen molar-refractivity contribution in [3.8, 4) is 11.3 Å². The summed E-state index contributed by atoms with van der Waals surface area (Å²) in [5.74, 6) is 0.748. The SMILES string of the molecule is CC1CC1C(=O)N1CCN(S(=O)(=O)c2cn(C)nc2-c2cccnc2)CC1. The molecule has 0 N–H and O–H groups in total. The molecule has 2 aromatic heterocycles. The van der Waals surface area contributed by atoms with Crippen LogP contribution in [0.5, 0.6) is 0 Å². The van der Waals surface area contributed by atoms with Crippen molar-refractivity contribution in [3.63, 3.8) is 0 Å².